The number of halogens is 2. The average molecular weight is 562 g/mol. The number of guanidine groups is 1. The van der Waals surface area contributed by atoms with Crippen molar-refractivity contribution >= 4 is 45.9 Å². The molecule has 5 nitrogen and oxygen atoms in total. The first kappa shape index (κ1) is 24.9. The third kappa shape index (κ3) is 6.20. The quantitative estimate of drug-likeness (QED) is 0.310. The first-order chi connectivity index (χ1) is 12.7. The average Bonchev–Trinajstić information content (AvgIpc) is 2.85. The molecule has 0 aliphatic carbocycles. The minimum absolute atomic E-state index is 0. The molecule has 0 spiro atoms. The molecule has 1 atom stereocenters. The number of nitrogens with one attached hydrogen (secondary N) is 2. The van der Waals surface area contributed by atoms with Crippen LogP contribution < -0.4 is 10.6 Å². The maximum atomic E-state index is 4.51. The summed E-state index contributed by atoms with van der Waals surface area (Å²) in [7, 11) is 3.81. The molecule has 1 heterocycles. The standard InChI is InChI=1S/C21H32BrN5.HI/c1-14(12-17-15(2)26-27(7)16(17)3)25-20(23-6)24-13-21(4,5)18-10-8-9-11-19(18)22;/h8-11,14H,12-13H2,1-7H3,(H2,23,24,25);1H. The Balaban J connectivity index is 0.00000392. The zero-order chi connectivity index (χ0) is 20.2. The van der Waals surface area contributed by atoms with Crippen molar-refractivity contribution in [2.45, 2.75) is 52.5 Å². The Bertz CT molecular complexity index is 813. The van der Waals surface area contributed by atoms with Gasteiger partial charge in [0, 0.05) is 42.3 Å². The van der Waals surface area contributed by atoms with Gasteiger partial charge in [-0.05, 0) is 44.4 Å². The lowest BCUT2D eigenvalue weighted by atomic mass is 9.84. The van der Waals surface area contributed by atoms with Crippen LogP contribution in [0.2, 0.25) is 0 Å². The Hall–Kier alpha value is -1.09. The first-order valence-corrected chi connectivity index (χ1v) is 10.2. The van der Waals surface area contributed by atoms with E-state index in [0.717, 1.165) is 29.1 Å². The highest BCUT2D eigenvalue weighted by Gasteiger charge is 2.23. The Labute approximate surface area is 194 Å². The second kappa shape index (κ2) is 10.6. The minimum atomic E-state index is -0.0303. The van der Waals surface area contributed by atoms with E-state index in [1.807, 2.05) is 24.8 Å². The molecule has 1 aromatic carbocycles. The van der Waals surface area contributed by atoms with Gasteiger partial charge in [0.05, 0.1) is 5.69 Å². The van der Waals surface area contributed by atoms with Crippen molar-refractivity contribution in [1.82, 2.24) is 20.4 Å². The number of hydrogen-bond donors (Lipinski definition) is 2. The van der Waals surface area contributed by atoms with Crippen molar-refractivity contribution < 1.29 is 0 Å². The van der Waals surface area contributed by atoms with E-state index in [9.17, 15) is 0 Å². The molecule has 156 valence electrons. The van der Waals surface area contributed by atoms with Gasteiger partial charge in [-0.25, -0.2) is 0 Å². The van der Waals surface area contributed by atoms with Crippen LogP contribution in [0.25, 0.3) is 0 Å². The topological polar surface area (TPSA) is 54.2 Å². The molecule has 0 radical (unpaired) electrons. The molecule has 0 fully saturated rings. The minimum Gasteiger partial charge on any atom is -0.356 e. The highest BCUT2D eigenvalue weighted by molar-refractivity contribution is 14.0. The molecule has 0 saturated heterocycles. The number of hydrogen-bond acceptors (Lipinski definition) is 2. The SMILES string of the molecule is CN=C(NCC(C)(C)c1ccccc1Br)NC(C)Cc1c(C)nn(C)c1C.I. The molecule has 7 heteroatoms. The van der Waals surface area contributed by atoms with Crippen LogP contribution in [0.15, 0.2) is 33.7 Å². The second-order valence-corrected chi connectivity index (χ2v) is 8.67. The lowest BCUT2D eigenvalue weighted by Gasteiger charge is -2.28. The van der Waals surface area contributed by atoms with Crippen LogP contribution in [-0.4, -0.2) is 35.4 Å². The van der Waals surface area contributed by atoms with Crippen LogP contribution in [0.4, 0.5) is 0 Å². The largest absolute Gasteiger partial charge is 0.356 e. The maximum Gasteiger partial charge on any atom is 0.191 e. The molecule has 28 heavy (non-hydrogen) atoms. The summed E-state index contributed by atoms with van der Waals surface area (Å²) < 4.78 is 3.08. The third-order valence-electron chi connectivity index (χ3n) is 5.08. The predicted octanol–water partition coefficient (Wildman–Crippen LogP) is 4.49. The fourth-order valence-corrected chi connectivity index (χ4v) is 4.13. The van der Waals surface area contributed by atoms with Crippen LogP contribution >= 0.6 is 39.9 Å². The van der Waals surface area contributed by atoms with E-state index in [1.54, 1.807) is 0 Å². The zero-order valence-electron chi connectivity index (χ0n) is 17.9. The molecular formula is C21H33BrIN5. The van der Waals surface area contributed by atoms with Gasteiger partial charge in [0.25, 0.3) is 0 Å². The van der Waals surface area contributed by atoms with Crippen LogP contribution in [0.1, 0.15) is 43.3 Å². The number of rotatable bonds is 6. The van der Waals surface area contributed by atoms with E-state index < -0.39 is 0 Å². The van der Waals surface area contributed by atoms with Gasteiger partial charge in [-0.3, -0.25) is 9.67 Å². The van der Waals surface area contributed by atoms with Gasteiger partial charge in [0.2, 0.25) is 0 Å². The summed E-state index contributed by atoms with van der Waals surface area (Å²) in [6.45, 7) is 11.6. The summed E-state index contributed by atoms with van der Waals surface area (Å²) in [6.07, 6.45) is 0.917. The third-order valence-corrected chi connectivity index (χ3v) is 5.77. The van der Waals surface area contributed by atoms with Crippen LogP contribution in [0, 0.1) is 13.8 Å². The fraction of sp³-hybridized carbons (Fsp3) is 0.524. The van der Waals surface area contributed by atoms with E-state index in [4.69, 9.17) is 0 Å². The number of nitrogens with zero attached hydrogens (tertiary/aromatic N) is 3. The smallest absolute Gasteiger partial charge is 0.191 e. The predicted molar refractivity (Wildman–Crippen MR) is 133 cm³/mol. The van der Waals surface area contributed by atoms with Gasteiger partial charge in [-0.2, -0.15) is 5.10 Å². The van der Waals surface area contributed by atoms with Crippen LogP contribution in [-0.2, 0) is 18.9 Å². The first-order valence-electron chi connectivity index (χ1n) is 9.37. The normalized spacial score (nSPS) is 13.1. The van der Waals surface area contributed by atoms with Gasteiger partial charge in [0.1, 0.15) is 0 Å². The molecule has 0 bridgehead atoms. The molecule has 0 aliphatic rings. The van der Waals surface area contributed by atoms with Crippen molar-refractivity contribution in [1.29, 1.82) is 0 Å². The van der Waals surface area contributed by atoms with Gasteiger partial charge >= 0.3 is 0 Å². The van der Waals surface area contributed by atoms with E-state index >= 15 is 0 Å². The van der Waals surface area contributed by atoms with Crippen molar-refractivity contribution in [2.75, 3.05) is 13.6 Å². The summed E-state index contributed by atoms with van der Waals surface area (Å²) >= 11 is 3.67. The van der Waals surface area contributed by atoms with Crippen LogP contribution in [0.5, 0.6) is 0 Å². The van der Waals surface area contributed by atoms with Crippen LogP contribution in [0.3, 0.4) is 0 Å². The van der Waals surface area contributed by atoms with E-state index in [2.05, 4.69) is 89.5 Å². The Morgan fingerprint density at radius 1 is 1.29 bits per heavy atom. The Morgan fingerprint density at radius 3 is 2.46 bits per heavy atom. The van der Waals surface area contributed by atoms with E-state index in [1.165, 1.54) is 16.8 Å². The monoisotopic (exact) mass is 561 g/mol. The van der Waals surface area contributed by atoms with Gasteiger partial charge in [0.15, 0.2) is 5.96 Å². The highest BCUT2D eigenvalue weighted by Crippen LogP contribution is 2.29. The van der Waals surface area contributed by atoms with Gasteiger partial charge in [-0.15, -0.1) is 24.0 Å². The molecule has 1 aromatic heterocycles. The number of aromatic nitrogens is 2. The molecule has 2 N–H and O–H groups in total. The van der Waals surface area contributed by atoms with Crippen molar-refractivity contribution in [3.63, 3.8) is 0 Å². The summed E-state index contributed by atoms with van der Waals surface area (Å²) in [5, 5.41) is 11.5. The molecule has 0 saturated carbocycles. The fourth-order valence-electron chi connectivity index (χ4n) is 3.31. The summed E-state index contributed by atoms with van der Waals surface area (Å²) in [4.78, 5) is 4.40. The number of aliphatic imine (C=N–C) groups is 1. The van der Waals surface area contributed by atoms with Gasteiger partial charge in [-0.1, -0.05) is 48.0 Å². The summed E-state index contributed by atoms with van der Waals surface area (Å²) in [5.41, 5.74) is 4.88. The Kier molecular flexibility index (Phi) is 9.46. The summed E-state index contributed by atoms with van der Waals surface area (Å²) in [5.74, 6) is 0.821. The lowest BCUT2D eigenvalue weighted by molar-refractivity contribution is 0.502. The maximum absolute atomic E-state index is 4.51. The Morgan fingerprint density at radius 2 is 1.93 bits per heavy atom. The van der Waals surface area contributed by atoms with Crippen molar-refractivity contribution in [3.8, 4) is 0 Å². The zero-order valence-corrected chi connectivity index (χ0v) is 21.8. The number of aryl methyl sites for hydroxylation is 2. The number of benzene rings is 1. The van der Waals surface area contributed by atoms with E-state index in [0.29, 0.717) is 0 Å². The lowest BCUT2D eigenvalue weighted by Crippen LogP contribution is -2.47. The van der Waals surface area contributed by atoms with E-state index in [-0.39, 0.29) is 35.4 Å². The molecule has 0 amide bonds. The summed E-state index contributed by atoms with van der Waals surface area (Å²) in [6, 6.07) is 8.63. The second-order valence-electron chi connectivity index (χ2n) is 7.81. The molecular weight excluding hydrogens is 529 g/mol. The highest BCUT2D eigenvalue weighted by atomic mass is 127. The molecule has 2 rings (SSSR count). The molecule has 1 unspecified atom stereocenters. The van der Waals surface area contributed by atoms with Gasteiger partial charge < -0.3 is 10.6 Å². The molecule has 0 aliphatic heterocycles. The molecule has 2 aromatic rings. The van der Waals surface area contributed by atoms with Crippen molar-refractivity contribution in [2.24, 2.45) is 12.0 Å². The van der Waals surface area contributed by atoms with Crippen molar-refractivity contribution in [3.05, 3.63) is 51.3 Å².